The summed E-state index contributed by atoms with van der Waals surface area (Å²) in [7, 11) is -2.95. The van der Waals surface area contributed by atoms with Gasteiger partial charge in [-0.05, 0) is 11.6 Å². The molecule has 0 fully saturated rings. The summed E-state index contributed by atoms with van der Waals surface area (Å²) in [6, 6.07) is 6.19. The van der Waals surface area contributed by atoms with Crippen LogP contribution in [0.4, 0.5) is 0 Å². The van der Waals surface area contributed by atoms with Gasteiger partial charge in [0.25, 0.3) is 5.91 Å². The average Bonchev–Trinajstić information content (AvgIpc) is 2.25. The maximum atomic E-state index is 12.3. The van der Waals surface area contributed by atoms with Crippen molar-refractivity contribution in [1.82, 2.24) is 10.1 Å². The summed E-state index contributed by atoms with van der Waals surface area (Å²) in [5.74, 6) is 0.0591. The van der Waals surface area contributed by atoms with Crippen LogP contribution in [-0.4, -0.2) is 26.9 Å². The summed E-state index contributed by atoms with van der Waals surface area (Å²) in [4.78, 5) is 12.3. The molecule has 0 spiro atoms. The standard InChI is InChI=1S/C14H24N2OSi2/c1-18(2,3)13-9-7-8-11-12(13)10-16(15-14(11)17)19(4,5)6/h7-9H,10H2,1-6H3,(H,15,17). The maximum absolute atomic E-state index is 12.3. The van der Waals surface area contributed by atoms with E-state index in [1.807, 2.05) is 12.1 Å². The monoisotopic (exact) mass is 292 g/mol. The first-order chi connectivity index (χ1) is 8.60. The predicted molar refractivity (Wildman–Crippen MR) is 85.8 cm³/mol. The number of carbonyl (C=O) groups excluding carboxylic acids is 1. The van der Waals surface area contributed by atoms with Crippen LogP contribution in [0.15, 0.2) is 18.2 Å². The normalized spacial score (nSPS) is 17.1. The quantitative estimate of drug-likeness (QED) is 0.850. The van der Waals surface area contributed by atoms with E-state index in [-0.39, 0.29) is 5.91 Å². The first kappa shape index (κ1) is 14.5. The van der Waals surface area contributed by atoms with Crippen molar-refractivity contribution in [2.75, 3.05) is 0 Å². The lowest BCUT2D eigenvalue weighted by atomic mass is 10.1. The fraction of sp³-hybridized carbons (Fsp3) is 0.500. The first-order valence-electron chi connectivity index (χ1n) is 6.82. The van der Waals surface area contributed by atoms with Crippen LogP contribution in [-0.2, 0) is 6.54 Å². The van der Waals surface area contributed by atoms with Crippen molar-refractivity contribution in [1.29, 1.82) is 0 Å². The molecule has 3 nitrogen and oxygen atoms in total. The molecule has 0 radical (unpaired) electrons. The van der Waals surface area contributed by atoms with Gasteiger partial charge in [-0.1, -0.05) is 56.6 Å². The molecule has 19 heavy (non-hydrogen) atoms. The highest BCUT2D eigenvalue weighted by molar-refractivity contribution is 6.89. The topological polar surface area (TPSA) is 32.3 Å². The van der Waals surface area contributed by atoms with Gasteiger partial charge in [0.15, 0.2) is 0 Å². The summed E-state index contributed by atoms with van der Waals surface area (Å²) in [5.41, 5.74) is 5.19. The number of nitrogens with one attached hydrogen (secondary N) is 1. The molecule has 0 saturated heterocycles. The van der Waals surface area contributed by atoms with E-state index in [1.165, 1.54) is 10.8 Å². The molecular weight excluding hydrogens is 268 g/mol. The van der Waals surface area contributed by atoms with Crippen molar-refractivity contribution in [3.05, 3.63) is 29.3 Å². The molecule has 5 heteroatoms. The SMILES string of the molecule is C[Si](C)(C)c1cccc2c1CN([Si](C)(C)C)NC2=O. The Morgan fingerprint density at radius 2 is 1.74 bits per heavy atom. The Bertz CT molecular complexity index is 515. The predicted octanol–water partition coefficient (Wildman–Crippen LogP) is 2.53. The number of hydrogen-bond donors (Lipinski definition) is 1. The van der Waals surface area contributed by atoms with Crippen molar-refractivity contribution in [2.24, 2.45) is 0 Å². The molecule has 1 N–H and O–H groups in total. The Kier molecular flexibility index (Phi) is 3.49. The largest absolute Gasteiger partial charge is 0.291 e. The van der Waals surface area contributed by atoms with Crippen molar-refractivity contribution in [3.63, 3.8) is 0 Å². The second-order valence-corrected chi connectivity index (χ2v) is 17.2. The minimum Gasteiger partial charge on any atom is -0.291 e. The van der Waals surface area contributed by atoms with Crippen molar-refractivity contribution >= 4 is 27.4 Å². The molecule has 1 aliphatic rings. The summed E-state index contributed by atoms with van der Waals surface area (Å²) in [6.45, 7) is 14.7. The average molecular weight is 293 g/mol. The lowest BCUT2D eigenvalue weighted by Crippen LogP contribution is -2.59. The first-order valence-corrected chi connectivity index (χ1v) is 13.8. The molecule has 1 amide bonds. The van der Waals surface area contributed by atoms with Gasteiger partial charge in [0.05, 0.1) is 8.07 Å². The van der Waals surface area contributed by atoms with Gasteiger partial charge >= 0.3 is 0 Å². The van der Waals surface area contributed by atoms with E-state index in [9.17, 15) is 4.79 Å². The van der Waals surface area contributed by atoms with Gasteiger partial charge < -0.3 is 0 Å². The lowest BCUT2D eigenvalue weighted by molar-refractivity contribution is 0.0843. The number of fused-ring (bicyclic) bond motifs is 1. The third kappa shape index (κ3) is 2.83. The summed E-state index contributed by atoms with van der Waals surface area (Å²) < 4.78 is 2.18. The number of amides is 1. The molecule has 2 rings (SSSR count). The molecule has 0 atom stereocenters. The van der Waals surface area contributed by atoms with E-state index < -0.39 is 16.3 Å². The number of benzene rings is 1. The number of carbonyl (C=O) groups is 1. The van der Waals surface area contributed by atoms with Crippen molar-refractivity contribution < 1.29 is 4.79 Å². The molecule has 0 aliphatic carbocycles. The van der Waals surface area contributed by atoms with Crippen LogP contribution in [0.5, 0.6) is 0 Å². The van der Waals surface area contributed by atoms with Gasteiger partial charge in [0.1, 0.15) is 8.24 Å². The zero-order valence-corrected chi connectivity index (χ0v) is 14.8. The summed E-state index contributed by atoms with van der Waals surface area (Å²) in [5, 5.41) is 1.42. The van der Waals surface area contributed by atoms with Gasteiger partial charge in [-0.15, -0.1) is 0 Å². The van der Waals surface area contributed by atoms with E-state index >= 15 is 0 Å². The van der Waals surface area contributed by atoms with E-state index in [0.29, 0.717) is 0 Å². The molecule has 0 saturated carbocycles. The van der Waals surface area contributed by atoms with E-state index in [0.717, 1.165) is 12.1 Å². The van der Waals surface area contributed by atoms with Gasteiger partial charge in [-0.25, -0.2) is 4.67 Å². The van der Waals surface area contributed by atoms with Gasteiger partial charge in [-0.2, -0.15) is 0 Å². The Labute approximate surface area is 118 Å². The molecule has 0 aromatic heterocycles. The van der Waals surface area contributed by atoms with Crippen LogP contribution in [0.2, 0.25) is 39.3 Å². The van der Waals surface area contributed by atoms with E-state index in [2.05, 4.69) is 55.4 Å². The number of nitrogens with zero attached hydrogens (tertiary/aromatic N) is 1. The molecule has 104 valence electrons. The zero-order valence-electron chi connectivity index (χ0n) is 12.8. The molecular formula is C14H24N2OSi2. The number of rotatable bonds is 2. The molecule has 1 heterocycles. The second kappa shape index (κ2) is 4.57. The van der Waals surface area contributed by atoms with Gasteiger partial charge in [0.2, 0.25) is 0 Å². The summed E-state index contributed by atoms with van der Waals surface area (Å²) in [6.07, 6.45) is 0. The molecule has 1 aliphatic heterocycles. The van der Waals surface area contributed by atoms with Gasteiger partial charge in [-0.3, -0.25) is 10.2 Å². The number of hydrogen-bond acceptors (Lipinski definition) is 2. The summed E-state index contributed by atoms with van der Waals surface area (Å²) >= 11 is 0. The minimum atomic E-state index is -1.53. The highest BCUT2D eigenvalue weighted by Gasteiger charge is 2.34. The molecule has 1 aromatic carbocycles. The smallest absolute Gasteiger partial charge is 0.265 e. The molecule has 0 unspecified atom stereocenters. The van der Waals surface area contributed by atoms with Crippen molar-refractivity contribution in [2.45, 2.75) is 45.8 Å². The molecule has 0 bridgehead atoms. The van der Waals surface area contributed by atoms with Crippen LogP contribution in [0, 0.1) is 0 Å². The fourth-order valence-corrected chi connectivity index (χ4v) is 5.24. The van der Waals surface area contributed by atoms with Gasteiger partial charge in [0, 0.05) is 12.1 Å². The second-order valence-electron chi connectivity index (χ2n) is 7.28. The van der Waals surface area contributed by atoms with E-state index in [1.54, 1.807) is 0 Å². The third-order valence-electron chi connectivity index (χ3n) is 3.59. The van der Waals surface area contributed by atoms with Crippen LogP contribution in [0.25, 0.3) is 0 Å². The Morgan fingerprint density at radius 1 is 1.11 bits per heavy atom. The van der Waals surface area contributed by atoms with Crippen LogP contribution in [0.3, 0.4) is 0 Å². The minimum absolute atomic E-state index is 0.0591. The Morgan fingerprint density at radius 3 is 2.26 bits per heavy atom. The van der Waals surface area contributed by atoms with Crippen LogP contribution >= 0.6 is 0 Å². The third-order valence-corrected chi connectivity index (χ3v) is 7.57. The Balaban J connectivity index is 2.53. The Hall–Kier alpha value is -0.916. The van der Waals surface area contributed by atoms with E-state index in [4.69, 9.17) is 0 Å². The highest BCUT2D eigenvalue weighted by atomic mass is 28.3. The fourth-order valence-electron chi connectivity index (χ4n) is 2.46. The van der Waals surface area contributed by atoms with Crippen molar-refractivity contribution in [3.8, 4) is 0 Å². The zero-order chi connectivity index (χ0) is 14.4. The van der Waals surface area contributed by atoms with Crippen LogP contribution in [0.1, 0.15) is 15.9 Å². The lowest BCUT2D eigenvalue weighted by Gasteiger charge is -2.39. The van der Waals surface area contributed by atoms with Crippen LogP contribution < -0.4 is 10.6 Å². The number of hydrazine groups is 1. The maximum Gasteiger partial charge on any atom is 0.265 e. The highest BCUT2D eigenvalue weighted by Crippen LogP contribution is 2.21. The molecule has 1 aromatic rings.